The van der Waals surface area contributed by atoms with Crippen LogP contribution in [0.25, 0.3) is 0 Å². The van der Waals surface area contributed by atoms with Crippen molar-refractivity contribution in [2.24, 2.45) is 0 Å². The Bertz CT molecular complexity index is 798. The van der Waals surface area contributed by atoms with Crippen molar-refractivity contribution in [1.29, 1.82) is 0 Å². The highest BCUT2D eigenvalue weighted by atomic mass is 32.2. The smallest absolute Gasteiger partial charge is 0.263 e. The van der Waals surface area contributed by atoms with Crippen molar-refractivity contribution in [2.75, 3.05) is 10.0 Å². The second kappa shape index (κ2) is 8.66. The number of amides is 1. The molecule has 0 atom stereocenters. The standard InChI is InChI=1S/C17H23N3O4S/c1-3-4-5-6-7-17(21)18-14-8-10-15(11-9-14)25(22,23)20-16-12-13(2)24-19-16/h8-12H,3-7H2,1-2H3,(H,18,21)(H,19,20). The van der Waals surface area contributed by atoms with Gasteiger partial charge >= 0.3 is 0 Å². The molecule has 8 heteroatoms. The third kappa shape index (κ3) is 5.90. The van der Waals surface area contributed by atoms with Crippen molar-refractivity contribution in [3.8, 4) is 0 Å². The van der Waals surface area contributed by atoms with Gasteiger partial charge in [0, 0.05) is 18.2 Å². The molecule has 1 heterocycles. The molecule has 0 unspecified atom stereocenters. The van der Waals surface area contributed by atoms with Crippen LogP contribution in [-0.4, -0.2) is 19.5 Å². The van der Waals surface area contributed by atoms with Crippen LogP contribution in [0.5, 0.6) is 0 Å². The number of hydrogen-bond acceptors (Lipinski definition) is 5. The van der Waals surface area contributed by atoms with Crippen LogP contribution in [-0.2, 0) is 14.8 Å². The molecule has 1 amide bonds. The molecule has 0 aliphatic carbocycles. The van der Waals surface area contributed by atoms with E-state index in [1.807, 2.05) is 0 Å². The van der Waals surface area contributed by atoms with Gasteiger partial charge in [0.1, 0.15) is 5.76 Å². The first kappa shape index (κ1) is 19.0. The maximum atomic E-state index is 12.3. The number of anilines is 2. The molecule has 25 heavy (non-hydrogen) atoms. The van der Waals surface area contributed by atoms with Crippen LogP contribution in [0.4, 0.5) is 11.5 Å². The van der Waals surface area contributed by atoms with Crippen LogP contribution in [0.1, 0.15) is 44.8 Å². The maximum absolute atomic E-state index is 12.3. The van der Waals surface area contributed by atoms with E-state index in [1.54, 1.807) is 19.1 Å². The molecule has 2 aromatic rings. The summed E-state index contributed by atoms with van der Waals surface area (Å²) in [5, 5.41) is 6.37. The normalized spacial score (nSPS) is 11.3. The van der Waals surface area contributed by atoms with Crippen LogP contribution in [0.2, 0.25) is 0 Å². The summed E-state index contributed by atoms with van der Waals surface area (Å²) in [7, 11) is -3.75. The van der Waals surface area contributed by atoms with E-state index < -0.39 is 10.0 Å². The number of benzene rings is 1. The van der Waals surface area contributed by atoms with Crippen LogP contribution < -0.4 is 10.0 Å². The minimum Gasteiger partial charge on any atom is -0.360 e. The summed E-state index contributed by atoms with van der Waals surface area (Å²) in [6.07, 6.45) is 4.60. The topological polar surface area (TPSA) is 101 Å². The summed E-state index contributed by atoms with van der Waals surface area (Å²) in [5.74, 6) is 0.569. The van der Waals surface area contributed by atoms with Crippen molar-refractivity contribution in [2.45, 2.75) is 50.8 Å². The molecule has 0 spiro atoms. The van der Waals surface area contributed by atoms with Crippen molar-refractivity contribution in [3.05, 3.63) is 36.1 Å². The second-order valence-corrected chi connectivity index (χ2v) is 7.49. The predicted molar refractivity (Wildman–Crippen MR) is 95.9 cm³/mol. The van der Waals surface area contributed by atoms with Crippen LogP contribution in [0.3, 0.4) is 0 Å². The van der Waals surface area contributed by atoms with E-state index in [2.05, 4.69) is 22.1 Å². The van der Waals surface area contributed by atoms with Gasteiger partial charge in [0.05, 0.1) is 4.90 Å². The molecule has 2 rings (SSSR count). The lowest BCUT2D eigenvalue weighted by Gasteiger charge is -2.08. The molecule has 0 saturated heterocycles. The van der Waals surface area contributed by atoms with Gasteiger partial charge in [-0.1, -0.05) is 31.3 Å². The highest BCUT2D eigenvalue weighted by Crippen LogP contribution is 2.18. The van der Waals surface area contributed by atoms with Crippen LogP contribution in [0.15, 0.2) is 39.8 Å². The molecular formula is C17H23N3O4S. The highest BCUT2D eigenvalue weighted by Gasteiger charge is 2.16. The molecule has 1 aromatic carbocycles. The van der Waals surface area contributed by atoms with Crippen molar-refractivity contribution in [3.63, 3.8) is 0 Å². The number of aryl methyl sites for hydroxylation is 1. The number of hydrogen-bond donors (Lipinski definition) is 2. The van der Waals surface area contributed by atoms with Gasteiger partial charge in [-0.05, 0) is 37.6 Å². The maximum Gasteiger partial charge on any atom is 0.263 e. The van der Waals surface area contributed by atoms with Gasteiger partial charge in [0.25, 0.3) is 10.0 Å². The van der Waals surface area contributed by atoms with E-state index >= 15 is 0 Å². The molecule has 2 N–H and O–H groups in total. The van der Waals surface area contributed by atoms with Crippen molar-refractivity contribution in [1.82, 2.24) is 5.16 Å². The Labute approximate surface area is 147 Å². The number of aromatic nitrogens is 1. The van der Waals surface area contributed by atoms with Crippen LogP contribution in [0, 0.1) is 6.92 Å². The van der Waals surface area contributed by atoms with Gasteiger partial charge in [0.15, 0.2) is 5.82 Å². The number of carbonyl (C=O) groups is 1. The zero-order valence-electron chi connectivity index (χ0n) is 14.4. The van der Waals surface area contributed by atoms with E-state index in [1.165, 1.54) is 18.2 Å². The Hall–Kier alpha value is -2.35. The zero-order chi connectivity index (χ0) is 18.3. The quantitative estimate of drug-likeness (QED) is 0.660. The van der Waals surface area contributed by atoms with Gasteiger partial charge in [0.2, 0.25) is 5.91 Å². The molecule has 0 aliphatic heterocycles. The molecule has 0 aliphatic rings. The fourth-order valence-electron chi connectivity index (χ4n) is 2.26. The van der Waals surface area contributed by atoms with E-state index in [0.717, 1.165) is 25.7 Å². The second-order valence-electron chi connectivity index (χ2n) is 5.81. The fourth-order valence-corrected chi connectivity index (χ4v) is 3.25. The first-order chi connectivity index (χ1) is 11.9. The number of nitrogens with zero attached hydrogens (tertiary/aromatic N) is 1. The molecular weight excluding hydrogens is 342 g/mol. The molecule has 0 bridgehead atoms. The summed E-state index contributed by atoms with van der Waals surface area (Å²) in [5.41, 5.74) is 0.566. The summed E-state index contributed by atoms with van der Waals surface area (Å²) in [6.45, 7) is 3.79. The number of rotatable bonds is 9. The first-order valence-corrected chi connectivity index (χ1v) is 9.75. The first-order valence-electron chi connectivity index (χ1n) is 8.27. The Morgan fingerprint density at radius 3 is 2.48 bits per heavy atom. The Kier molecular flexibility index (Phi) is 6.58. The van der Waals surface area contributed by atoms with Gasteiger partial charge in [-0.15, -0.1) is 0 Å². The molecule has 1 aromatic heterocycles. The Balaban J connectivity index is 1.93. The molecule has 7 nitrogen and oxygen atoms in total. The van der Waals surface area contributed by atoms with Gasteiger partial charge in [-0.25, -0.2) is 8.42 Å². The molecule has 0 fully saturated rings. The summed E-state index contributed by atoms with van der Waals surface area (Å²) < 4.78 is 31.7. The molecule has 0 saturated carbocycles. The van der Waals surface area contributed by atoms with Gasteiger partial charge in [-0.2, -0.15) is 0 Å². The summed E-state index contributed by atoms with van der Waals surface area (Å²) >= 11 is 0. The minimum atomic E-state index is -3.75. The summed E-state index contributed by atoms with van der Waals surface area (Å²) in [4.78, 5) is 11.9. The lowest BCUT2D eigenvalue weighted by molar-refractivity contribution is -0.116. The Morgan fingerprint density at radius 1 is 1.16 bits per heavy atom. The van der Waals surface area contributed by atoms with Crippen molar-refractivity contribution < 1.29 is 17.7 Å². The number of unbranched alkanes of at least 4 members (excludes halogenated alkanes) is 3. The number of carbonyl (C=O) groups excluding carboxylic acids is 1. The highest BCUT2D eigenvalue weighted by molar-refractivity contribution is 7.92. The summed E-state index contributed by atoms with van der Waals surface area (Å²) in [6, 6.07) is 7.48. The number of sulfonamides is 1. The average molecular weight is 365 g/mol. The lowest BCUT2D eigenvalue weighted by Crippen LogP contribution is -2.14. The van der Waals surface area contributed by atoms with E-state index in [4.69, 9.17) is 4.52 Å². The monoisotopic (exact) mass is 365 g/mol. The van der Waals surface area contributed by atoms with Crippen molar-refractivity contribution >= 4 is 27.4 Å². The third-order valence-electron chi connectivity index (χ3n) is 3.57. The van der Waals surface area contributed by atoms with Crippen LogP contribution >= 0.6 is 0 Å². The fraction of sp³-hybridized carbons (Fsp3) is 0.412. The van der Waals surface area contributed by atoms with Gasteiger partial charge < -0.3 is 9.84 Å². The van der Waals surface area contributed by atoms with E-state index in [0.29, 0.717) is 17.9 Å². The van der Waals surface area contributed by atoms with E-state index in [-0.39, 0.29) is 16.6 Å². The SMILES string of the molecule is CCCCCCC(=O)Nc1ccc(S(=O)(=O)Nc2cc(C)on2)cc1. The minimum absolute atomic E-state index is 0.0668. The average Bonchev–Trinajstić information content (AvgIpc) is 2.96. The van der Waals surface area contributed by atoms with E-state index in [9.17, 15) is 13.2 Å². The lowest BCUT2D eigenvalue weighted by atomic mass is 10.1. The zero-order valence-corrected chi connectivity index (χ0v) is 15.2. The molecule has 0 radical (unpaired) electrons. The Morgan fingerprint density at radius 2 is 1.88 bits per heavy atom. The molecule has 136 valence electrons. The third-order valence-corrected chi connectivity index (χ3v) is 4.94. The predicted octanol–water partition coefficient (Wildman–Crippen LogP) is 3.69. The largest absolute Gasteiger partial charge is 0.360 e. The van der Waals surface area contributed by atoms with Gasteiger partial charge in [-0.3, -0.25) is 9.52 Å². The number of nitrogens with one attached hydrogen (secondary N) is 2.